The Kier molecular flexibility index (Phi) is 5.42. The van der Waals surface area contributed by atoms with Crippen LogP contribution in [0.25, 0.3) is 5.69 Å². The van der Waals surface area contributed by atoms with Crippen LogP contribution in [0.1, 0.15) is 41.6 Å². The summed E-state index contributed by atoms with van der Waals surface area (Å²) in [6.07, 6.45) is 6.38. The predicted octanol–water partition coefficient (Wildman–Crippen LogP) is 2.05. The number of ether oxygens (including phenoxy) is 1. The standard InChI is InChI=1S/C20H19N7O2/c21-11-14-4-9-19(22-12-14)29-18-7-5-16(6-8-18)24-20(28)15-2-1-3-17(10-15)27-13-23-25-26-27/h1-4,9-10,12-13,16,18H,5-8H2,(H,24,28). The van der Waals surface area contributed by atoms with Crippen LogP contribution in [0.3, 0.4) is 0 Å². The van der Waals surface area contributed by atoms with Crippen LogP contribution in [0.2, 0.25) is 0 Å². The van der Waals surface area contributed by atoms with Gasteiger partial charge in [0.25, 0.3) is 5.91 Å². The number of nitriles is 1. The van der Waals surface area contributed by atoms with E-state index in [9.17, 15) is 4.79 Å². The van der Waals surface area contributed by atoms with Gasteiger partial charge in [-0.1, -0.05) is 6.07 Å². The van der Waals surface area contributed by atoms with Crippen LogP contribution >= 0.6 is 0 Å². The molecule has 146 valence electrons. The van der Waals surface area contributed by atoms with Gasteiger partial charge in [-0.3, -0.25) is 4.79 Å². The first-order chi connectivity index (χ1) is 14.2. The third-order valence-corrected chi connectivity index (χ3v) is 4.88. The third-order valence-electron chi connectivity index (χ3n) is 4.88. The summed E-state index contributed by atoms with van der Waals surface area (Å²) >= 11 is 0. The molecule has 1 aliphatic rings. The number of aromatic nitrogens is 5. The first-order valence-electron chi connectivity index (χ1n) is 9.38. The van der Waals surface area contributed by atoms with E-state index in [1.54, 1.807) is 30.3 Å². The quantitative estimate of drug-likeness (QED) is 0.709. The molecule has 9 heteroatoms. The van der Waals surface area contributed by atoms with Crippen LogP contribution < -0.4 is 10.1 Å². The molecule has 1 aliphatic carbocycles. The maximum Gasteiger partial charge on any atom is 0.251 e. The van der Waals surface area contributed by atoms with Crippen LogP contribution in [0, 0.1) is 11.3 Å². The van der Waals surface area contributed by atoms with Gasteiger partial charge in [-0.05, 0) is 60.4 Å². The predicted molar refractivity (Wildman–Crippen MR) is 102 cm³/mol. The Bertz CT molecular complexity index is 1000. The molecule has 0 bridgehead atoms. The molecule has 1 saturated carbocycles. The zero-order chi connectivity index (χ0) is 20.1. The van der Waals surface area contributed by atoms with Crippen LogP contribution in [0.4, 0.5) is 0 Å². The highest BCUT2D eigenvalue weighted by Crippen LogP contribution is 2.23. The van der Waals surface area contributed by atoms with E-state index in [-0.39, 0.29) is 18.1 Å². The lowest BCUT2D eigenvalue weighted by Crippen LogP contribution is -2.39. The number of rotatable bonds is 5. The minimum atomic E-state index is -0.113. The molecular formula is C20H19N7O2. The van der Waals surface area contributed by atoms with Gasteiger partial charge in [0.05, 0.1) is 11.3 Å². The fourth-order valence-electron chi connectivity index (χ4n) is 3.35. The van der Waals surface area contributed by atoms with Gasteiger partial charge in [0.1, 0.15) is 18.5 Å². The second-order valence-electron chi connectivity index (χ2n) is 6.87. The van der Waals surface area contributed by atoms with E-state index in [4.69, 9.17) is 10.00 Å². The van der Waals surface area contributed by atoms with Gasteiger partial charge < -0.3 is 10.1 Å². The second kappa shape index (κ2) is 8.48. The topological polar surface area (TPSA) is 119 Å². The van der Waals surface area contributed by atoms with Crippen molar-refractivity contribution < 1.29 is 9.53 Å². The maximum atomic E-state index is 12.6. The zero-order valence-electron chi connectivity index (χ0n) is 15.6. The van der Waals surface area contributed by atoms with Gasteiger partial charge >= 0.3 is 0 Å². The summed E-state index contributed by atoms with van der Waals surface area (Å²) in [5, 5.41) is 23.0. The Morgan fingerprint density at radius 3 is 2.76 bits per heavy atom. The van der Waals surface area contributed by atoms with Crippen LogP contribution in [-0.4, -0.2) is 43.2 Å². The fourth-order valence-corrected chi connectivity index (χ4v) is 3.35. The van der Waals surface area contributed by atoms with E-state index in [2.05, 4.69) is 25.8 Å². The van der Waals surface area contributed by atoms with Gasteiger partial charge in [0.2, 0.25) is 5.88 Å². The molecule has 0 atom stereocenters. The van der Waals surface area contributed by atoms with Gasteiger partial charge in [0.15, 0.2) is 0 Å². The largest absolute Gasteiger partial charge is 0.474 e. The molecule has 0 saturated heterocycles. The van der Waals surface area contributed by atoms with E-state index in [0.717, 1.165) is 31.4 Å². The molecular weight excluding hydrogens is 370 g/mol. The number of benzene rings is 1. The maximum absolute atomic E-state index is 12.6. The first kappa shape index (κ1) is 18.6. The van der Waals surface area contributed by atoms with Crippen molar-refractivity contribution in [1.29, 1.82) is 5.26 Å². The Balaban J connectivity index is 1.30. The lowest BCUT2D eigenvalue weighted by atomic mass is 9.92. The van der Waals surface area contributed by atoms with Crippen molar-refractivity contribution in [3.8, 4) is 17.6 Å². The van der Waals surface area contributed by atoms with Gasteiger partial charge in [0, 0.05) is 23.9 Å². The molecule has 1 N–H and O–H groups in total. The van der Waals surface area contributed by atoms with E-state index >= 15 is 0 Å². The highest BCUT2D eigenvalue weighted by atomic mass is 16.5. The number of hydrogen-bond acceptors (Lipinski definition) is 7. The molecule has 1 aromatic carbocycles. The molecule has 1 amide bonds. The molecule has 29 heavy (non-hydrogen) atoms. The van der Waals surface area contributed by atoms with Crippen molar-refractivity contribution in [2.75, 3.05) is 0 Å². The average molecular weight is 389 g/mol. The molecule has 0 aliphatic heterocycles. The summed E-state index contributed by atoms with van der Waals surface area (Å²) in [4.78, 5) is 16.8. The summed E-state index contributed by atoms with van der Waals surface area (Å²) in [6, 6.07) is 12.7. The Hall–Kier alpha value is -3.80. The van der Waals surface area contributed by atoms with Crippen LogP contribution in [-0.2, 0) is 0 Å². The number of carbonyl (C=O) groups excluding carboxylic acids is 1. The minimum absolute atomic E-state index is 0.0618. The first-order valence-corrected chi connectivity index (χ1v) is 9.38. The molecule has 9 nitrogen and oxygen atoms in total. The van der Waals surface area contributed by atoms with Gasteiger partial charge in [-0.15, -0.1) is 5.10 Å². The fraction of sp³-hybridized carbons (Fsp3) is 0.300. The molecule has 2 aromatic heterocycles. The van der Waals surface area contributed by atoms with Crippen molar-refractivity contribution in [1.82, 2.24) is 30.5 Å². The Morgan fingerprint density at radius 2 is 2.07 bits per heavy atom. The lowest BCUT2D eigenvalue weighted by Gasteiger charge is -2.29. The normalized spacial score (nSPS) is 18.6. The summed E-state index contributed by atoms with van der Waals surface area (Å²) in [6.45, 7) is 0. The molecule has 0 radical (unpaired) electrons. The SMILES string of the molecule is N#Cc1ccc(OC2CCC(NC(=O)c3cccc(-n4cnnn4)c3)CC2)nc1. The minimum Gasteiger partial charge on any atom is -0.474 e. The van der Waals surface area contributed by atoms with Crippen molar-refractivity contribution in [3.63, 3.8) is 0 Å². The Morgan fingerprint density at radius 1 is 1.21 bits per heavy atom. The molecule has 2 heterocycles. The average Bonchev–Trinajstić information content (AvgIpc) is 3.31. The number of carbonyl (C=O) groups is 1. The molecule has 1 fully saturated rings. The van der Waals surface area contributed by atoms with Crippen LogP contribution in [0.5, 0.6) is 5.88 Å². The number of nitrogens with one attached hydrogen (secondary N) is 1. The molecule has 0 spiro atoms. The third kappa shape index (κ3) is 4.55. The number of pyridine rings is 1. The van der Waals surface area contributed by atoms with E-state index in [1.165, 1.54) is 17.2 Å². The number of amides is 1. The number of hydrogen-bond donors (Lipinski definition) is 1. The smallest absolute Gasteiger partial charge is 0.251 e. The van der Waals surface area contributed by atoms with Crippen molar-refractivity contribution in [3.05, 3.63) is 60.0 Å². The monoisotopic (exact) mass is 389 g/mol. The number of nitrogens with zero attached hydrogens (tertiary/aromatic N) is 6. The van der Waals surface area contributed by atoms with Gasteiger partial charge in [-0.2, -0.15) is 5.26 Å². The second-order valence-corrected chi connectivity index (χ2v) is 6.87. The summed E-state index contributed by atoms with van der Waals surface area (Å²) in [7, 11) is 0. The summed E-state index contributed by atoms with van der Waals surface area (Å²) in [5.74, 6) is 0.411. The lowest BCUT2D eigenvalue weighted by molar-refractivity contribution is 0.0890. The van der Waals surface area contributed by atoms with Crippen molar-refractivity contribution >= 4 is 5.91 Å². The summed E-state index contributed by atoms with van der Waals surface area (Å²) in [5.41, 5.74) is 1.81. The number of tetrazole rings is 1. The highest BCUT2D eigenvalue weighted by molar-refractivity contribution is 5.94. The zero-order valence-corrected chi connectivity index (χ0v) is 15.6. The molecule has 4 rings (SSSR count). The van der Waals surface area contributed by atoms with E-state index in [0.29, 0.717) is 17.0 Å². The van der Waals surface area contributed by atoms with E-state index < -0.39 is 0 Å². The highest BCUT2D eigenvalue weighted by Gasteiger charge is 2.24. The summed E-state index contributed by atoms with van der Waals surface area (Å²) < 4.78 is 7.41. The Labute approximate surface area is 167 Å². The molecule has 3 aromatic rings. The van der Waals surface area contributed by atoms with E-state index in [1.807, 2.05) is 12.1 Å². The van der Waals surface area contributed by atoms with Crippen molar-refractivity contribution in [2.24, 2.45) is 0 Å². The van der Waals surface area contributed by atoms with Gasteiger partial charge in [-0.25, -0.2) is 9.67 Å². The molecule has 0 unspecified atom stereocenters. The van der Waals surface area contributed by atoms with Crippen LogP contribution in [0.15, 0.2) is 48.9 Å². The van der Waals surface area contributed by atoms with Crippen molar-refractivity contribution in [2.45, 2.75) is 37.8 Å².